The average Bonchev–Trinajstić information content (AvgIpc) is 3.41. The maximum atomic E-state index is 13.2. The van der Waals surface area contributed by atoms with Gasteiger partial charge in [-0.3, -0.25) is 28.7 Å². The zero-order valence-corrected chi connectivity index (χ0v) is 29.6. The standard InChI is InChI=1S/C38H37N3O11/c1-20-14-27(47-6)10-12-29(20)31-16-25(17-32(39-31)30-13-11-28(48-7)15-21(30)2)8-9-26-18-41(38(46)40-36(26)45)37-35(51-24(5)44)34(50-23(4)43)33(52-37)19-49-22(3)42/h10-18,33-35,37H,19H2,1-7H3,(H,40,45,46)/t33-,34-,35-,37-/m1/s1. The number of aromatic nitrogens is 3. The smallest absolute Gasteiger partial charge is 0.330 e. The van der Waals surface area contributed by atoms with Gasteiger partial charge in [-0.25, -0.2) is 9.78 Å². The van der Waals surface area contributed by atoms with Crippen LogP contribution in [0.4, 0.5) is 0 Å². The third-order valence-electron chi connectivity index (χ3n) is 8.17. The molecule has 0 spiro atoms. The summed E-state index contributed by atoms with van der Waals surface area (Å²) in [4.78, 5) is 69.1. The van der Waals surface area contributed by atoms with Crippen molar-refractivity contribution in [1.82, 2.24) is 14.5 Å². The molecular formula is C38H37N3O11. The third-order valence-corrected chi connectivity index (χ3v) is 8.17. The molecule has 4 atom stereocenters. The lowest BCUT2D eigenvalue weighted by Gasteiger charge is -2.23. The molecule has 3 heterocycles. The molecule has 2 aromatic carbocycles. The van der Waals surface area contributed by atoms with Crippen LogP contribution in [-0.2, 0) is 33.3 Å². The first kappa shape index (κ1) is 37.1. The number of nitrogens with one attached hydrogen (secondary N) is 1. The van der Waals surface area contributed by atoms with Gasteiger partial charge < -0.3 is 28.4 Å². The Kier molecular flexibility index (Phi) is 11.2. The van der Waals surface area contributed by atoms with E-state index >= 15 is 0 Å². The van der Waals surface area contributed by atoms with Gasteiger partial charge >= 0.3 is 23.6 Å². The van der Waals surface area contributed by atoms with Gasteiger partial charge in [-0.15, -0.1) is 0 Å². The Bertz CT molecular complexity index is 2140. The molecule has 2 aromatic heterocycles. The van der Waals surface area contributed by atoms with E-state index in [1.165, 1.54) is 13.1 Å². The summed E-state index contributed by atoms with van der Waals surface area (Å²) >= 11 is 0. The first-order valence-corrected chi connectivity index (χ1v) is 16.1. The van der Waals surface area contributed by atoms with Crippen LogP contribution in [0.25, 0.3) is 22.5 Å². The molecule has 4 aromatic rings. The molecule has 14 nitrogen and oxygen atoms in total. The predicted octanol–water partition coefficient (Wildman–Crippen LogP) is 3.62. The molecule has 14 heteroatoms. The van der Waals surface area contributed by atoms with Crippen molar-refractivity contribution in [2.75, 3.05) is 20.8 Å². The van der Waals surface area contributed by atoms with Crippen molar-refractivity contribution < 1.29 is 42.8 Å². The molecule has 1 aliphatic rings. The van der Waals surface area contributed by atoms with Crippen LogP contribution in [0.2, 0.25) is 0 Å². The van der Waals surface area contributed by atoms with Crippen LogP contribution in [0.1, 0.15) is 49.3 Å². The molecule has 5 rings (SSSR count). The number of methoxy groups -OCH3 is 2. The molecule has 52 heavy (non-hydrogen) atoms. The van der Waals surface area contributed by atoms with Crippen LogP contribution in [-0.4, -0.2) is 71.6 Å². The monoisotopic (exact) mass is 711 g/mol. The molecule has 0 saturated carbocycles. The van der Waals surface area contributed by atoms with Gasteiger partial charge in [-0.05, 0) is 73.5 Å². The summed E-state index contributed by atoms with van der Waals surface area (Å²) in [5.74, 6) is 5.15. The van der Waals surface area contributed by atoms with Gasteiger partial charge in [0, 0.05) is 43.7 Å². The number of ether oxygens (including phenoxy) is 6. The van der Waals surface area contributed by atoms with Crippen LogP contribution in [0.5, 0.6) is 11.5 Å². The van der Waals surface area contributed by atoms with E-state index in [-0.39, 0.29) is 12.2 Å². The molecule has 1 fully saturated rings. The predicted molar refractivity (Wildman–Crippen MR) is 187 cm³/mol. The normalized spacial score (nSPS) is 17.8. The van der Waals surface area contributed by atoms with Crippen molar-refractivity contribution in [3.8, 4) is 45.9 Å². The minimum absolute atomic E-state index is 0.126. The van der Waals surface area contributed by atoms with Crippen LogP contribution < -0.4 is 20.7 Å². The van der Waals surface area contributed by atoms with Crippen molar-refractivity contribution in [3.63, 3.8) is 0 Å². The number of nitrogens with zero attached hydrogens (tertiary/aromatic N) is 2. The highest BCUT2D eigenvalue weighted by Crippen LogP contribution is 2.34. The number of aromatic amines is 1. The fourth-order valence-corrected chi connectivity index (χ4v) is 5.80. The summed E-state index contributed by atoms with van der Waals surface area (Å²) in [6.07, 6.45) is -3.95. The van der Waals surface area contributed by atoms with E-state index in [9.17, 15) is 24.0 Å². The topological polar surface area (TPSA) is 174 Å². The van der Waals surface area contributed by atoms with Gasteiger partial charge in [0.1, 0.15) is 29.8 Å². The minimum Gasteiger partial charge on any atom is -0.497 e. The van der Waals surface area contributed by atoms with Crippen molar-refractivity contribution >= 4 is 17.9 Å². The van der Waals surface area contributed by atoms with Gasteiger partial charge in [-0.1, -0.05) is 11.8 Å². The zero-order valence-electron chi connectivity index (χ0n) is 29.6. The Morgan fingerprint density at radius 1 is 0.808 bits per heavy atom. The number of pyridine rings is 1. The lowest BCUT2D eigenvalue weighted by Crippen LogP contribution is -2.42. The number of aryl methyl sites for hydroxylation is 2. The number of carbonyl (C=O) groups is 3. The van der Waals surface area contributed by atoms with Crippen LogP contribution >= 0.6 is 0 Å². The maximum Gasteiger partial charge on any atom is 0.330 e. The second-order valence-electron chi connectivity index (χ2n) is 12.0. The Balaban J connectivity index is 1.61. The maximum absolute atomic E-state index is 13.2. The van der Waals surface area contributed by atoms with E-state index in [2.05, 4.69) is 16.8 Å². The molecule has 270 valence electrons. The number of esters is 3. The lowest BCUT2D eigenvalue weighted by molar-refractivity contribution is -0.166. The Hall–Kier alpha value is -6.20. The zero-order chi connectivity index (χ0) is 37.7. The van der Waals surface area contributed by atoms with Gasteiger partial charge in [-0.2, -0.15) is 0 Å². The van der Waals surface area contributed by atoms with Gasteiger partial charge in [0.05, 0.1) is 25.6 Å². The fraction of sp³-hybridized carbons (Fsp3) is 0.316. The molecule has 0 amide bonds. The number of rotatable bonds is 9. The third kappa shape index (κ3) is 8.39. The van der Waals surface area contributed by atoms with Crippen molar-refractivity contribution in [2.24, 2.45) is 0 Å². The second kappa shape index (κ2) is 15.8. The quantitative estimate of drug-likeness (QED) is 0.152. The highest BCUT2D eigenvalue weighted by atomic mass is 16.7. The second-order valence-corrected chi connectivity index (χ2v) is 12.0. The van der Waals surface area contributed by atoms with Gasteiger partial charge in [0.15, 0.2) is 18.4 Å². The molecule has 0 radical (unpaired) electrons. The molecule has 1 aliphatic heterocycles. The Labute approximate surface area is 298 Å². The van der Waals surface area contributed by atoms with Crippen LogP contribution in [0, 0.1) is 25.7 Å². The Morgan fingerprint density at radius 3 is 1.87 bits per heavy atom. The summed E-state index contributed by atoms with van der Waals surface area (Å²) in [6.45, 7) is 6.96. The number of hydrogen-bond acceptors (Lipinski definition) is 12. The van der Waals surface area contributed by atoms with E-state index < -0.39 is 53.7 Å². The van der Waals surface area contributed by atoms with E-state index in [0.29, 0.717) is 28.5 Å². The van der Waals surface area contributed by atoms with Crippen LogP contribution in [0.15, 0.2) is 64.3 Å². The molecule has 0 bridgehead atoms. The molecule has 1 saturated heterocycles. The molecule has 1 N–H and O–H groups in total. The number of benzene rings is 2. The SMILES string of the molecule is COc1ccc(-c2cc(C#Cc3cn([C@@H]4O[C@H](COC(C)=O)[C@@H](OC(C)=O)[C@H]4OC(C)=O)c(=O)[nH]c3=O)cc(-c3ccc(OC)cc3C)n2)c(C)c1. The number of H-pyrrole nitrogens is 1. The summed E-state index contributed by atoms with van der Waals surface area (Å²) in [5, 5.41) is 0. The molecule has 0 aliphatic carbocycles. The lowest BCUT2D eigenvalue weighted by atomic mass is 9.99. The highest BCUT2D eigenvalue weighted by Gasteiger charge is 2.51. The fourth-order valence-electron chi connectivity index (χ4n) is 5.80. The Morgan fingerprint density at radius 2 is 1.37 bits per heavy atom. The van der Waals surface area contributed by atoms with E-state index in [0.717, 1.165) is 40.7 Å². The van der Waals surface area contributed by atoms with E-state index in [1.807, 2.05) is 50.2 Å². The summed E-state index contributed by atoms with van der Waals surface area (Å²) in [6, 6.07) is 14.8. The minimum atomic E-state index is -1.39. The number of hydrogen-bond donors (Lipinski definition) is 1. The first-order valence-electron chi connectivity index (χ1n) is 16.1. The van der Waals surface area contributed by atoms with Gasteiger partial charge in [0.25, 0.3) is 5.56 Å². The summed E-state index contributed by atoms with van der Waals surface area (Å²) in [7, 11) is 3.18. The van der Waals surface area contributed by atoms with Crippen LogP contribution in [0.3, 0.4) is 0 Å². The van der Waals surface area contributed by atoms with Crippen molar-refractivity contribution in [2.45, 2.75) is 59.2 Å². The summed E-state index contributed by atoms with van der Waals surface area (Å²) < 4.78 is 33.6. The summed E-state index contributed by atoms with van der Waals surface area (Å²) in [5.41, 5.74) is 3.43. The largest absolute Gasteiger partial charge is 0.497 e. The van der Waals surface area contributed by atoms with Gasteiger partial charge in [0.2, 0.25) is 0 Å². The van der Waals surface area contributed by atoms with Crippen molar-refractivity contribution in [1.29, 1.82) is 0 Å². The van der Waals surface area contributed by atoms with E-state index in [4.69, 9.17) is 33.4 Å². The molecular weight excluding hydrogens is 674 g/mol. The highest BCUT2D eigenvalue weighted by molar-refractivity contribution is 5.73. The van der Waals surface area contributed by atoms with E-state index in [1.54, 1.807) is 26.4 Å². The molecule has 0 unspecified atom stereocenters. The average molecular weight is 712 g/mol. The first-order chi connectivity index (χ1) is 24.8. The van der Waals surface area contributed by atoms with Crippen molar-refractivity contribution in [3.05, 3.63) is 97.8 Å². The number of carbonyl (C=O) groups excluding carboxylic acids is 3.